The molecule has 1 saturated heterocycles. The molecule has 2 aromatic heterocycles. The molecule has 4 rings (SSSR count). The van der Waals surface area contributed by atoms with Gasteiger partial charge in [0.25, 0.3) is 0 Å². The van der Waals surface area contributed by atoms with E-state index in [1.165, 1.54) is 0 Å². The Morgan fingerprint density at radius 2 is 1.67 bits per heavy atom. The average Bonchev–Trinajstić information content (AvgIpc) is 3.00. The molecule has 0 saturated carbocycles. The molecule has 7 nitrogen and oxygen atoms in total. The smallest absolute Gasteiger partial charge is 0.164 e. The van der Waals surface area contributed by atoms with Crippen LogP contribution in [0.2, 0.25) is 0 Å². The van der Waals surface area contributed by atoms with E-state index in [4.69, 9.17) is 9.97 Å². The summed E-state index contributed by atoms with van der Waals surface area (Å²) >= 11 is 0. The quantitative estimate of drug-likeness (QED) is 0.790. The highest BCUT2D eigenvalue weighted by molar-refractivity contribution is 5.76. The molecule has 0 aliphatic carbocycles. The summed E-state index contributed by atoms with van der Waals surface area (Å²) in [4.78, 5) is 18.6. The standard InChI is InChI=1S/C17H21N7/c1-12-17(20-15-6-4-3-5-14(15)18-12)24-9-7-23(8-10-24)11-16-19-13(2)21-22-16/h3-6H,7-11H2,1-2H3,(H,19,21,22). The third kappa shape index (κ3) is 2.94. The van der Waals surface area contributed by atoms with E-state index in [-0.39, 0.29) is 0 Å². The highest BCUT2D eigenvalue weighted by Gasteiger charge is 2.21. The number of rotatable bonds is 3. The number of para-hydroxylation sites is 2. The molecule has 3 heterocycles. The number of aromatic nitrogens is 5. The van der Waals surface area contributed by atoms with Crippen LogP contribution in [0.4, 0.5) is 5.82 Å². The lowest BCUT2D eigenvalue weighted by atomic mass is 10.2. The zero-order valence-corrected chi connectivity index (χ0v) is 14.0. The summed E-state index contributed by atoms with van der Waals surface area (Å²) in [5.74, 6) is 2.73. The number of anilines is 1. The predicted molar refractivity (Wildman–Crippen MR) is 92.9 cm³/mol. The van der Waals surface area contributed by atoms with Gasteiger partial charge in [-0.3, -0.25) is 10.00 Å². The van der Waals surface area contributed by atoms with Crippen molar-refractivity contribution >= 4 is 16.9 Å². The maximum atomic E-state index is 4.83. The number of benzene rings is 1. The van der Waals surface area contributed by atoms with Crippen LogP contribution in [0.5, 0.6) is 0 Å². The van der Waals surface area contributed by atoms with Gasteiger partial charge >= 0.3 is 0 Å². The number of nitrogens with zero attached hydrogens (tertiary/aromatic N) is 6. The summed E-state index contributed by atoms with van der Waals surface area (Å²) < 4.78 is 0. The van der Waals surface area contributed by atoms with Crippen molar-refractivity contribution in [3.63, 3.8) is 0 Å². The molecule has 24 heavy (non-hydrogen) atoms. The first-order chi connectivity index (χ1) is 11.7. The van der Waals surface area contributed by atoms with Gasteiger partial charge in [-0.25, -0.2) is 15.0 Å². The van der Waals surface area contributed by atoms with Crippen LogP contribution in [0.1, 0.15) is 17.3 Å². The van der Waals surface area contributed by atoms with Gasteiger partial charge in [-0.2, -0.15) is 5.10 Å². The van der Waals surface area contributed by atoms with Gasteiger partial charge in [0.2, 0.25) is 0 Å². The molecule has 0 bridgehead atoms. The number of hydrogen-bond donors (Lipinski definition) is 1. The molecule has 0 radical (unpaired) electrons. The van der Waals surface area contributed by atoms with E-state index in [9.17, 15) is 0 Å². The topological polar surface area (TPSA) is 73.8 Å². The largest absolute Gasteiger partial charge is 0.353 e. The minimum Gasteiger partial charge on any atom is -0.353 e. The average molecular weight is 323 g/mol. The SMILES string of the molecule is Cc1nc(CN2CCN(c3nc4ccccc4nc3C)CC2)n[nH]1. The summed E-state index contributed by atoms with van der Waals surface area (Å²) in [6.07, 6.45) is 0. The van der Waals surface area contributed by atoms with Crippen molar-refractivity contribution in [1.82, 2.24) is 30.0 Å². The molecule has 0 spiro atoms. The second kappa shape index (κ2) is 6.16. The summed E-state index contributed by atoms with van der Waals surface area (Å²) in [6.45, 7) is 8.59. The first-order valence-corrected chi connectivity index (χ1v) is 8.27. The first-order valence-electron chi connectivity index (χ1n) is 8.27. The van der Waals surface area contributed by atoms with Gasteiger partial charge in [-0.1, -0.05) is 12.1 Å². The van der Waals surface area contributed by atoms with E-state index < -0.39 is 0 Å². The van der Waals surface area contributed by atoms with Crippen molar-refractivity contribution in [2.24, 2.45) is 0 Å². The number of aromatic amines is 1. The Balaban J connectivity index is 1.46. The third-order valence-electron chi connectivity index (χ3n) is 4.40. The molecule has 7 heteroatoms. The monoisotopic (exact) mass is 323 g/mol. The van der Waals surface area contributed by atoms with Gasteiger partial charge in [-0.05, 0) is 26.0 Å². The van der Waals surface area contributed by atoms with Crippen molar-refractivity contribution in [2.75, 3.05) is 31.1 Å². The van der Waals surface area contributed by atoms with Crippen molar-refractivity contribution in [2.45, 2.75) is 20.4 Å². The molecule has 1 aliphatic rings. The molecule has 0 unspecified atom stereocenters. The number of aryl methyl sites for hydroxylation is 2. The second-order valence-corrected chi connectivity index (χ2v) is 6.22. The summed E-state index contributed by atoms with van der Waals surface area (Å²) in [6, 6.07) is 8.04. The van der Waals surface area contributed by atoms with Crippen LogP contribution >= 0.6 is 0 Å². The van der Waals surface area contributed by atoms with Gasteiger partial charge in [0.15, 0.2) is 11.6 Å². The lowest BCUT2D eigenvalue weighted by Gasteiger charge is -2.35. The summed E-state index contributed by atoms with van der Waals surface area (Å²) in [7, 11) is 0. The molecule has 1 aliphatic heterocycles. The summed E-state index contributed by atoms with van der Waals surface area (Å²) in [5, 5.41) is 7.12. The molecule has 1 N–H and O–H groups in total. The summed E-state index contributed by atoms with van der Waals surface area (Å²) in [5.41, 5.74) is 2.90. The van der Waals surface area contributed by atoms with Crippen molar-refractivity contribution in [3.05, 3.63) is 41.6 Å². The predicted octanol–water partition coefficient (Wildman–Crippen LogP) is 1.69. The van der Waals surface area contributed by atoms with Crippen LogP contribution in [-0.2, 0) is 6.54 Å². The molecular formula is C17H21N7. The fourth-order valence-corrected chi connectivity index (χ4v) is 3.16. The maximum absolute atomic E-state index is 4.83. The van der Waals surface area contributed by atoms with Gasteiger partial charge in [0.1, 0.15) is 5.82 Å². The number of piperazine rings is 1. The van der Waals surface area contributed by atoms with Crippen LogP contribution in [0.25, 0.3) is 11.0 Å². The second-order valence-electron chi connectivity index (χ2n) is 6.22. The molecule has 124 valence electrons. The van der Waals surface area contributed by atoms with Crippen LogP contribution in [0, 0.1) is 13.8 Å². The van der Waals surface area contributed by atoms with E-state index in [0.717, 1.165) is 66.9 Å². The fraction of sp³-hybridized carbons (Fsp3) is 0.412. The maximum Gasteiger partial charge on any atom is 0.164 e. The van der Waals surface area contributed by atoms with Gasteiger partial charge in [0, 0.05) is 26.2 Å². The van der Waals surface area contributed by atoms with Gasteiger partial charge < -0.3 is 4.90 Å². The Bertz CT molecular complexity index is 849. The molecule has 0 amide bonds. The van der Waals surface area contributed by atoms with Crippen LogP contribution < -0.4 is 4.90 Å². The van der Waals surface area contributed by atoms with Gasteiger partial charge in [-0.15, -0.1) is 0 Å². The molecular weight excluding hydrogens is 302 g/mol. The lowest BCUT2D eigenvalue weighted by molar-refractivity contribution is 0.243. The molecule has 1 aromatic carbocycles. The normalized spacial score (nSPS) is 16.0. The lowest BCUT2D eigenvalue weighted by Crippen LogP contribution is -2.46. The van der Waals surface area contributed by atoms with E-state index in [2.05, 4.69) is 25.0 Å². The highest BCUT2D eigenvalue weighted by Crippen LogP contribution is 2.21. The van der Waals surface area contributed by atoms with Crippen molar-refractivity contribution < 1.29 is 0 Å². The Hall–Kier alpha value is -2.54. The molecule has 1 fully saturated rings. The molecule has 3 aromatic rings. The van der Waals surface area contributed by atoms with Crippen molar-refractivity contribution in [3.8, 4) is 0 Å². The number of nitrogens with one attached hydrogen (secondary N) is 1. The van der Waals surface area contributed by atoms with Crippen LogP contribution in [0.3, 0.4) is 0 Å². The minimum atomic E-state index is 0.792. The van der Waals surface area contributed by atoms with E-state index >= 15 is 0 Å². The number of hydrogen-bond acceptors (Lipinski definition) is 6. The zero-order valence-electron chi connectivity index (χ0n) is 14.0. The Morgan fingerprint density at radius 1 is 0.958 bits per heavy atom. The first kappa shape index (κ1) is 15.0. The van der Waals surface area contributed by atoms with E-state index in [1.807, 2.05) is 38.1 Å². The third-order valence-corrected chi connectivity index (χ3v) is 4.40. The Kier molecular flexibility index (Phi) is 3.86. The van der Waals surface area contributed by atoms with E-state index in [1.54, 1.807) is 0 Å². The Morgan fingerprint density at radius 3 is 2.33 bits per heavy atom. The highest BCUT2D eigenvalue weighted by atomic mass is 15.3. The minimum absolute atomic E-state index is 0.792. The van der Waals surface area contributed by atoms with Gasteiger partial charge in [0.05, 0.1) is 23.3 Å². The fourth-order valence-electron chi connectivity index (χ4n) is 3.16. The van der Waals surface area contributed by atoms with Crippen LogP contribution in [-0.4, -0.2) is 56.2 Å². The van der Waals surface area contributed by atoms with Crippen LogP contribution in [0.15, 0.2) is 24.3 Å². The van der Waals surface area contributed by atoms with E-state index in [0.29, 0.717) is 0 Å². The zero-order chi connectivity index (χ0) is 16.5. The van der Waals surface area contributed by atoms with Crippen molar-refractivity contribution in [1.29, 1.82) is 0 Å². The Labute approximate surface area is 140 Å². The number of H-pyrrole nitrogens is 1. The number of fused-ring (bicyclic) bond motifs is 1. The molecule has 0 atom stereocenters.